The van der Waals surface area contributed by atoms with Gasteiger partial charge in [0.1, 0.15) is 0 Å². The average Bonchev–Trinajstić information content (AvgIpc) is 3.07. The maximum Gasteiger partial charge on any atom is 0.256 e. The van der Waals surface area contributed by atoms with Gasteiger partial charge in [-0.05, 0) is 41.5 Å². The third kappa shape index (κ3) is 3.27. The molecule has 2 aromatic carbocycles. The normalized spacial score (nSPS) is 19.0. The van der Waals surface area contributed by atoms with Crippen molar-refractivity contribution < 1.29 is 9.59 Å². The number of amides is 2. The van der Waals surface area contributed by atoms with Crippen molar-refractivity contribution in [3.05, 3.63) is 83.1 Å². The van der Waals surface area contributed by atoms with Crippen LogP contribution in [0, 0.1) is 5.92 Å². The molecule has 0 saturated carbocycles. The third-order valence-electron chi connectivity index (χ3n) is 6.47. The summed E-state index contributed by atoms with van der Waals surface area (Å²) in [4.78, 5) is 32.2. The SMILES string of the molecule is CN(C)C1=C2C(=O)NC(=O)C2C(c2ccc(N(C)C)cc2)(c2ccc(N(C)C)cc2)C=C1. The second kappa shape index (κ2) is 7.86. The minimum atomic E-state index is -0.791. The van der Waals surface area contributed by atoms with Crippen LogP contribution in [-0.2, 0) is 15.0 Å². The van der Waals surface area contributed by atoms with Crippen LogP contribution in [0.5, 0.6) is 0 Å². The topological polar surface area (TPSA) is 55.9 Å². The Morgan fingerprint density at radius 3 is 1.59 bits per heavy atom. The highest BCUT2D eigenvalue weighted by Crippen LogP contribution is 2.50. The predicted octanol–water partition coefficient (Wildman–Crippen LogP) is 2.76. The van der Waals surface area contributed by atoms with E-state index in [0.29, 0.717) is 5.57 Å². The summed E-state index contributed by atoms with van der Waals surface area (Å²) in [6.45, 7) is 0. The Bertz CT molecular complexity index is 1060. The molecule has 1 aliphatic heterocycles. The monoisotopic (exact) mass is 430 g/mol. The molecular formula is C26H30N4O2. The molecule has 0 spiro atoms. The van der Waals surface area contributed by atoms with Gasteiger partial charge in [0.15, 0.2) is 0 Å². The zero-order valence-corrected chi connectivity index (χ0v) is 19.5. The number of likely N-dealkylation sites (N-methyl/N-ethyl adjacent to an activating group) is 1. The van der Waals surface area contributed by atoms with E-state index >= 15 is 0 Å². The lowest BCUT2D eigenvalue weighted by atomic mass is 9.61. The molecule has 1 saturated heterocycles. The highest BCUT2D eigenvalue weighted by molar-refractivity contribution is 6.17. The first-order valence-corrected chi connectivity index (χ1v) is 10.7. The minimum absolute atomic E-state index is 0.262. The Morgan fingerprint density at radius 1 is 0.719 bits per heavy atom. The molecule has 1 fully saturated rings. The van der Waals surface area contributed by atoms with E-state index in [1.807, 2.05) is 63.1 Å². The standard InChI is InChI=1S/C26H30N4O2/c1-28(2)19-11-7-17(8-12-19)26(18-9-13-20(14-10-18)29(3)4)16-15-21(30(5)6)22-23(26)25(32)27-24(22)31/h7-16,23H,1-6H3,(H,27,31,32). The Labute approximate surface area is 189 Å². The van der Waals surface area contributed by atoms with Gasteiger partial charge in [-0.25, -0.2) is 0 Å². The maximum absolute atomic E-state index is 13.3. The first kappa shape index (κ1) is 21.7. The quantitative estimate of drug-likeness (QED) is 0.740. The number of benzene rings is 2. The number of hydrogen-bond donors (Lipinski definition) is 1. The van der Waals surface area contributed by atoms with E-state index in [1.54, 1.807) is 0 Å². The molecule has 32 heavy (non-hydrogen) atoms. The molecular weight excluding hydrogens is 400 g/mol. The molecule has 0 bridgehead atoms. The fourth-order valence-corrected chi connectivity index (χ4v) is 4.76. The molecule has 2 amide bonds. The molecule has 4 rings (SSSR count). The maximum atomic E-state index is 13.3. The second-order valence-corrected chi connectivity index (χ2v) is 9.03. The first-order valence-electron chi connectivity index (χ1n) is 10.7. The molecule has 0 radical (unpaired) electrons. The van der Waals surface area contributed by atoms with Crippen LogP contribution >= 0.6 is 0 Å². The summed E-state index contributed by atoms with van der Waals surface area (Å²) in [6, 6.07) is 16.5. The number of fused-ring (bicyclic) bond motifs is 1. The second-order valence-electron chi connectivity index (χ2n) is 9.03. The van der Waals surface area contributed by atoms with E-state index in [-0.39, 0.29) is 11.8 Å². The molecule has 1 atom stereocenters. The molecule has 166 valence electrons. The van der Waals surface area contributed by atoms with Crippen LogP contribution in [-0.4, -0.2) is 59.0 Å². The average molecular weight is 431 g/mol. The summed E-state index contributed by atoms with van der Waals surface area (Å²) in [5, 5.41) is 2.58. The number of anilines is 2. The number of carbonyl (C=O) groups is 2. The number of allylic oxidation sites excluding steroid dienone is 2. The molecule has 1 aliphatic carbocycles. The van der Waals surface area contributed by atoms with Gasteiger partial charge in [0.25, 0.3) is 5.91 Å². The van der Waals surface area contributed by atoms with E-state index < -0.39 is 11.3 Å². The Morgan fingerprint density at radius 2 is 1.19 bits per heavy atom. The number of rotatable bonds is 5. The van der Waals surface area contributed by atoms with Gasteiger partial charge >= 0.3 is 0 Å². The van der Waals surface area contributed by atoms with E-state index in [2.05, 4.69) is 59.9 Å². The van der Waals surface area contributed by atoms with Crippen LogP contribution in [0.25, 0.3) is 0 Å². The van der Waals surface area contributed by atoms with Gasteiger partial charge in [-0.2, -0.15) is 0 Å². The van der Waals surface area contributed by atoms with E-state index in [0.717, 1.165) is 28.2 Å². The van der Waals surface area contributed by atoms with Crippen LogP contribution in [0.1, 0.15) is 11.1 Å². The summed E-state index contributed by atoms with van der Waals surface area (Å²) >= 11 is 0. The molecule has 2 aromatic rings. The van der Waals surface area contributed by atoms with Crippen LogP contribution in [0.2, 0.25) is 0 Å². The minimum Gasteiger partial charge on any atom is -0.378 e. The van der Waals surface area contributed by atoms with Crippen molar-refractivity contribution in [3.63, 3.8) is 0 Å². The van der Waals surface area contributed by atoms with Crippen molar-refractivity contribution >= 4 is 23.2 Å². The van der Waals surface area contributed by atoms with Crippen molar-refractivity contribution in [2.75, 3.05) is 52.1 Å². The summed E-state index contributed by atoms with van der Waals surface area (Å²) in [5.41, 5.74) is 4.59. The zero-order valence-electron chi connectivity index (χ0n) is 19.5. The van der Waals surface area contributed by atoms with Gasteiger partial charge in [0.2, 0.25) is 5.91 Å². The van der Waals surface area contributed by atoms with E-state index in [9.17, 15) is 9.59 Å². The van der Waals surface area contributed by atoms with Crippen molar-refractivity contribution in [3.8, 4) is 0 Å². The van der Waals surface area contributed by atoms with E-state index in [4.69, 9.17) is 0 Å². The van der Waals surface area contributed by atoms with E-state index in [1.165, 1.54) is 0 Å². The molecule has 0 aromatic heterocycles. The van der Waals surface area contributed by atoms with Gasteiger partial charge in [-0.1, -0.05) is 30.3 Å². The molecule has 6 heteroatoms. The van der Waals surface area contributed by atoms with Crippen LogP contribution in [0.4, 0.5) is 11.4 Å². The lowest BCUT2D eigenvalue weighted by molar-refractivity contribution is -0.126. The molecule has 1 heterocycles. The number of imide groups is 1. The Balaban J connectivity index is 1.98. The zero-order chi connectivity index (χ0) is 23.2. The van der Waals surface area contributed by atoms with Crippen molar-refractivity contribution in [2.45, 2.75) is 5.41 Å². The van der Waals surface area contributed by atoms with Crippen molar-refractivity contribution in [2.24, 2.45) is 5.92 Å². The third-order valence-corrected chi connectivity index (χ3v) is 6.47. The van der Waals surface area contributed by atoms with Gasteiger partial charge in [0.05, 0.1) is 16.9 Å². The number of hydrogen-bond acceptors (Lipinski definition) is 5. The summed E-state index contributed by atoms with van der Waals surface area (Å²) < 4.78 is 0. The molecule has 1 N–H and O–H groups in total. The lowest BCUT2D eigenvalue weighted by Crippen LogP contribution is -2.42. The highest BCUT2D eigenvalue weighted by Gasteiger charge is 2.54. The van der Waals surface area contributed by atoms with Gasteiger partial charge < -0.3 is 14.7 Å². The number of nitrogens with one attached hydrogen (secondary N) is 1. The van der Waals surface area contributed by atoms with Crippen LogP contribution in [0.15, 0.2) is 72.0 Å². The van der Waals surface area contributed by atoms with Gasteiger partial charge in [-0.15, -0.1) is 0 Å². The molecule has 1 unspecified atom stereocenters. The van der Waals surface area contributed by atoms with Crippen LogP contribution < -0.4 is 15.1 Å². The fourth-order valence-electron chi connectivity index (χ4n) is 4.76. The number of carbonyl (C=O) groups excluding carboxylic acids is 2. The van der Waals surface area contributed by atoms with Gasteiger partial charge in [0, 0.05) is 59.4 Å². The van der Waals surface area contributed by atoms with Crippen molar-refractivity contribution in [1.29, 1.82) is 0 Å². The Kier molecular flexibility index (Phi) is 5.33. The highest BCUT2D eigenvalue weighted by atomic mass is 16.2. The molecule has 2 aliphatic rings. The summed E-state index contributed by atoms with van der Waals surface area (Å²) in [7, 11) is 11.8. The largest absolute Gasteiger partial charge is 0.378 e. The molecule has 6 nitrogen and oxygen atoms in total. The first-order chi connectivity index (χ1) is 15.2. The lowest BCUT2D eigenvalue weighted by Gasteiger charge is -2.40. The van der Waals surface area contributed by atoms with Crippen LogP contribution in [0.3, 0.4) is 0 Å². The number of nitrogens with zero attached hydrogens (tertiary/aromatic N) is 3. The summed E-state index contributed by atoms with van der Waals surface area (Å²) in [5.74, 6) is -1.22. The van der Waals surface area contributed by atoms with Crippen molar-refractivity contribution in [1.82, 2.24) is 10.2 Å². The smallest absolute Gasteiger partial charge is 0.256 e. The fraction of sp³-hybridized carbons (Fsp3) is 0.308. The summed E-state index contributed by atoms with van der Waals surface area (Å²) in [6.07, 6.45) is 4.06. The predicted molar refractivity (Wildman–Crippen MR) is 129 cm³/mol. The van der Waals surface area contributed by atoms with Gasteiger partial charge in [-0.3, -0.25) is 14.9 Å². The Hall–Kier alpha value is -3.54.